The zero-order valence-electron chi connectivity index (χ0n) is 35.0. The average molecular weight is 784 g/mol. The van der Waals surface area contributed by atoms with Crippen molar-refractivity contribution in [1.82, 2.24) is 4.57 Å². The van der Waals surface area contributed by atoms with Gasteiger partial charge < -0.3 is 4.57 Å². The fraction of sp³-hybridized carbons (Fsp3) is 0.150. The Kier molecular flexibility index (Phi) is 9.29. The van der Waals surface area contributed by atoms with Gasteiger partial charge in [0.1, 0.15) is 0 Å². The van der Waals surface area contributed by atoms with Gasteiger partial charge in [0.2, 0.25) is 0 Å². The van der Waals surface area contributed by atoms with Crippen LogP contribution in [0.15, 0.2) is 211 Å². The zero-order chi connectivity index (χ0) is 40.9. The maximum atomic E-state index is 3.44. The third-order valence-electron chi connectivity index (χ3n) is 13.7. The van der Waals surface area contributed by atoms with Crippen LogP contribution in [0.1, 0.15) is 66.6 Å². The highest BCUT2D eigenvalue weighted by atomic mass is 15.0. The second kappa shape index (κ2) is 15.3. The van der Waals surface area contributed by atoms with Gasteiger partial charge in [-0.3, -0.25) is 0 Å². The molecule has 11 rings (SSSR count). The molecule has 0 radical (unpaired) electrons. The second-order valence-electron chi connectivity index (χ2n) is 17.6. The van der Waals surface area contributed by atoms with Gasteiger partial charge in [-0.25, -0.2) is 0 Å². The minimum atomic E-state index is 0.00205. The first-order valence-corrected chi connectivity index (χ1v) is 22.0. The number of allylic oxidation sites excluding steroid dienone is 10. The van der Waals surface area contributed by atoms with E-state index in [-0.39, 0.29) is 11.3 Å². The van der Waals surface area contributed by atoms with Crippen molar-refractivity contribution in [2.24, 2.45) is 5.92 Å². The van der Waals surface area contributed by atoms with E-state index in [9.17, 15) is 0 Å². The summed E-state index contributed by atoms with van der Waals surface area (Å²) in [6, 6.07) is 56.2. The number of rotatable bonds is 8. The predicted octanol–water partition coefficient (Wildman–Crippen LogP) is 15.3. The molecule has 1 heteroatoms. The van der Waals surface area contributed by atoms with Crippen molar-refractivity contribution in [1.29, 1.82) is 0 Å². The summed E-state index contributed by atoms with van der Waals surface area (Å²) in [6.45, 7) is 4.81. The molecular weight excluding hydrogens is 735 g/mol. The van der Waals surface area contributed by atoms with E-state index in [0.717, 1.165) is 32.1 Å². The summed E-state index contributed by atoms with van der Waals surface area (Å²) in [5.74, 6) is 0.268. The molecule has 0 saturated heterocycles. The number of benzene rings is 6. The number of nitrogens with zero attached hydrogens (tertiary/aromatic N) is 1. The van der Waals surface area contributed by atoms with E-state index in [4.69, 9.17) is 0 Å². The normalized spacial score (nSPS) is 16.7. The van der Waals surface area contributed by atoms with Gasteiger partial charge in [0.05, 0.1) is 5.52 Å². The van der Waals surface area contributed by atoms with Gasteiger partial charge in [0, 0.05) is 33.7 Å². The molecule has 1 heterocycles. The zero-order valence-corrected chi connectivity index (χ0v) is 35.0. The molecule has 1 nitrogen and oxygen atoms in total. The van der Waals surface area contributed by atoms with Crippen LogP contribution in [-0.4, -0.2) is 4.57 Å². The number of fused-ring (bicyclic) bond motifs is 5. The molecule has 7 aromatic rings. The first kappa shape index (κ1) is 37.1. The molecule has 61 heavy (non-hydrogen) atoms. The fourth-order valence-corrected chi connectivity index (χ4v) is 10.6. The SMILES string of the molecule is CC1(C)C2=C(CCC(C(Cc3cccc(-c4cccc(C5=Cc6c(n(-c7ccc(-c8ccccc8)cc7)c7ccccc67)CC5)c4)c3)C3=CC=CC=C=C3)=C2)c2ccccc21. The predicted molar refractivity (Wildman–Crippen MR) is 258 cm³/mol. The lowest BCUT2D eigenvalue weighted by Crippen LogP contribution is -2.19. The average Bonchev–Trinajstić information content (AvgIpc) is 3.58. The van der Waals surface area contributed by atoms with Crippen molar-refractivity contribution in [3.05, 3.63) is 244 Å². The van der Waals surface area contributed by atoms with Crippen LogP contribution < -0.4 is 0 Å². The Labute approximate surface area is 360 Å². The van der Waals surface area contributed by atoms with Crippen LogP contribution in [0, 0.1) is 5.92 Å². The minimum Gasteiger partial charge on any atom is -0.313 e. The van der Waals surface area contributed by atoms with E-state index in [1.54, 1.807) is 5.57 Å². The third-order valence-corrected chi connectivity index (χ3v) is 13.7. The van der Waals surface area contributed by atoms with Crippen molar-refractivity contribution >= 4 is 28.1 Å². The van der Waals surface area contributed by atoms with E-state index in [1.807, 2.05) is 6.08 Å². The molecule has 0 bridgehead atoms. The smallest absolute Gasteiger partial charge is 0.0537 e. The summed E-state index contributed by atoms with van der Waals surface area (Å²) >= 11 is 0. The molecule has 1 unspecified atom stereocenters. The van der Waals surface area contributed by atoms with Crippen LogP contribution in [0.25, 0.3) is 56.1 Å². The first-order valence-electron chi connectivity index (χ1n) is 22.0. The highest BCUT2D eigenvalue weighted by molar-refractivity contribution is 5.99. The van der Waals surface area contributed by atoms with E-state index >= 15 is 0 Å². The van der Waals surface area contributed by atoms with Crippen molar-refractivity contribution in [2.45, 2.75) is 51.4 Å². The minimum absolute atomic E-state index is 0.00205. The van der Waals surface area contributed by atoms with Crippen molar-refractivity contribution in [2.75, 3.05) is 0 Å². The quantitative estimate of drug-likeness (QED) is 0.135. The van der Waals surface area contributed by atoms with Crippen LogP contribution in [0.5, 0.6) is 0 Å². The van der Waals surface area contributed by atoms with Crippen LogP contribution >= 0.6 is 0 Å². The summed E-state index contributed by atoms with van der Waals surface area (Å²) in [5, 5.41) is 1.31. The Morgan fingerprint density at radius 2 is 1.36 bits per heavy atom. The van der Waals surface area contributed by atoms with E-state index in [1.165, 1.54) is 94.6 Å². The summed E-state index contributed by atoms with van der Waals surface area (Å²) in [6.07, 6.45) is 20.9. The van der Waals surface area contributed by atoms with Crippen LogP contribution in [0.4, 0.5) is 0 Å². The molecule has 0 aliphatic heterocycles. The summed E-state index contributed by atoms with van der Waals surface area (Å²) < 4.78 is 2.49. The number of aromatic nitrogens is 1. The van der Waals surface area contributed by atoms with Gasteiger partial charge in [-0.1, -0.05) is 171 Å². The molecule has 4 aliphatic rings. The van der Waals surface area contributed by atoms with Gasteiger partial charge in [-0.2, -0.15) is 0 Å². The van der Waals surface area contributed by atoms with Gasteiger partial charge in [0.15, 0.2) is 0 Å². The molecular formula is C60H49N. The molecule has 4 aliphatic carbocycles. The maximum absolute atomic E-state index is 3.44. The standard InChI is InChI=1S/C60H49N/c1-60(2)56-26-12-10-24-51(56)52-34-30-49(40-57(52)60)54(44-19-6-3-4-7-20-44)37-41-16-14-21-45(36-41)46-22-15-23-47(38-46)48-31-35-59-55(39-48)53-25-11-13-27-58(53)61(59)50-32-28-43(29-33-50)42-17-8-5-9-18-42/h3-6,8-29,32-33,36,38-40,54H,30-31,34-35,37H2,1-2H3. The summed E-state index contributed by atoms with van der Waals surface area (Å²) in [4.78, 5) is 0. The largest absolute Gasteiger partial charge is 0.313 e. The van der Waals surface area contributed by atoms with Gasteiger partial charge in [-0.15, -0.1) is 5.73 Å². The molecule has 294 valence electrons. The van der Waals surface area contributed by atoms with Gasteiger partial charge in [-0.05, 0) is 141 Å². The van der Waals surface area contributed by atoms with Crippen molar-refractivity contribution in [3.63, 3.8) is 0 Å². The lowest BCUT2D eigenvalue weighted by molar-refractivity contribution is 0.633. The van der Waals surface area contributed by atoms with Gasteiger partial charge >= 0.3 is 0 Å². The van der Waals surface area contributed by atoms with Crippen LogP contribution in [-0.2, 0) is 18.3 Å². The Hall–Kier alpha value is -6.92. The molecule has 0 saturated carbocycles. The lowest BCUT2D eigenvalue weighted by Gasteiger charge is -2.29. The first-order chi connectivity index (χ1) is 30.0. The molecule has 6 aromatic carbocycles. The summed E-state index contributed by atoms with van der Waals surface area (Å²) in [7, 11) is 0. The third kappa shape index (κ3) is 6.67. The van der Waals surface area contributed by atoms with Crippen molar-refractivity contribution < 1.29 is 0 Å². The van der Waals surface area contributed by atoms with E-state index in [0.29, 0.717) is 0 Å². The number of hydrogen-bond acceptors (Lipinski definition) is 0. The molecule has 0 fully saturated rings. The Balaban J connectivity index is 0.907. The fourth-order valence-electron chi connectivity index (χ4n) is 10.6. The molecule has 0 spiro atoms. The number of hydrogen-bond donors (Lipinski definition) is 0. The number of para-hydroxylation sites is 1. The Bertz CT molecular complexity index is 3090. The Morgan fingerprint density at radius 1 is 0.623 bits per heavy atom. The monoisotopic (exact) mass is 783 g/mol. The highest BCUT2D eigenvalue weighted by Crippen LogP contribution is 2.52. The molecule has 1 aromatic heterocycles. The van der Waals surface area contributed by atoms with Crippen LogP contribution in [0.3, 0.4) is 0 Å². The Morgan fingerprint density at radius 3 is 2.25 bits per heavy atom. The van der Waals surface area contributed by atoms with Gasteiger partial charge in [0.25, 0.3) is 0 Å². The molecule has 1 atom stereocenters. The second-order valence-corrected chi connectivity index (χ2v) is 17.6. The summed E-state index contributed by atoms with van der Waals surface area (Å²) in [5.41, 5.74) is 26.5. The van der Waals surface area contributed by atoms with E-state index < -0.39 is 0 Å². The molecule has 0 N–H and O–H groups in total. The topological polar surface area (TPSA) is 4.93 Å². The lowest BCUT2D eigenvalue weighted by atomic mass is 9.74. The molecule has 0 amide bonds. The van der Waals surface area contributed by atoms with Crippen molar-refractivity contribution in [3.8, 4) is 27.9 Å². The van der Waals surface area contributed by atoms with E-state index in [2.05, 4.69) is 212 Å². The highest BCUT2D eigenvalue weighted by Gasteiger charge is 2.38. The maximum Gasteiger partial charge on any atom is 0.0537 e. The van der Waals surface area contributed by atoms with Crippen LogP contribution in [0.2, 0.25) is 0 Å².